The van der Waals surface area contributed by atoms with Crippen molar-refractivity contribution in [2.45, 2.75) is 32.8 Å². The molecule has 5 nitrogen and oxygen atoms in total. The summed E-state index contributed by atoms with van der Waals surface area (Å²) in [6.07, 6.45) is 4.11. The molecule has 4 rings (SSSR count). The Morgan fingerprint density at radius 3 is 2.25 bits per heavy atom. The first-order valence-electron chi connectivity index (χ1n) is 10.0. The molecule has 0 fully saturated rings. The van der Waals surface area contributed by atoms with E-state index in [0.717, 1.165) is 28.8 Å². The van der Waals surface area contributed by atoms with E-state index in [0.29, 0.717) is 17.0 Å². The fraction of sp³-hybridized carbons (Fsp3) is 0.200. The second kappa shape index (κ2) is 8.07. The maximum Gasteiger partial charge on any atom is 0.209 e. The van der Waals surface area contributed by atoms with Gasteiger partial charge < -0.3 is 4.74 Å². The van der Waals surface area contributed by atoms with Gasteiger partial charge >= 0.3 is 0 Å². The number of rotatable bonds is 5. The zero-order valence-corrected chi connectivity index (χ0v) is 17.8. The topological polar surface area (TPSA) is 69.2 Å². The number of Topliss-reactive ketones (excluding diaryl/α,β-unsaturated/α-hetero) is 2. The average Bonchev–Trinajstić information content (AvgIpc) is 3.01. The third-order valence-corrected chi connectivity index (χ3v) is 5.45. The molecule has 2 aromatic carbocycles. The first-order valence-corrected chi connectivity index (χ1v) is 10.0. The Bertz CT molecular complexity index is 1240. The van der Waals surface area contributed by atoms with Crippen LogP contribution in [0.2, 0.25) is 0 Å². The Labute approximate surface area is 183 Å². The highest BCUT2D eigenvalue weighted by Crippen LogP contribution is 2.35. The normalized spacial score (nSPS) is 14.8. The number of ketones is 2. The van der Waals surface area contributed by atoms with Crippen molar-refractivity contribution in [1.29, 1.82) is 0 Å². The smallest absolute Gasteiger partial charge is 0.209 e. The average molecular weight is 434 g/mol. The zero-order valence-electron chi connectivity index (χ0n) is 17.8. The summed E-state index contributed by atoms with van der Waals surface area (Å²) in [4.78, 5) is 33.6. The summed E-state index contributed by atoms with van der Waals surface area (Å²) >= 11 is 0. The molecule has 0 atom stereocenters. The highest BCUT2D eigenvalue weighted by molar-refractivity contribution is 6.26. The van der Waals surface area contributed by atoms with Gasteiger partial charge in [0.2, 0.25) is 5.78 Å². The minimum absolute atomic E-state index is 0.0990. The van der Waals surface area contributed by atoms with Gasteiger partial charge in [-0.05, 0) is 44.0 Å². The number of nitrogens with zero attached hydrogens (tertiary/aromatic N) is 2. The molecule has 0 saturated carbocycles. The van der Waals surface area contributed by atoms with Crippen molar-refractivity contribution in [1.82, 2.24) is 9.97 Å². The van der Waals surface area contributed by atoms with Crippen LogP contribution in [0.5, 0.6) is 0 Å². The molecule has 0 bridgehead atoms. The van der Waals surface area contributed by atoms with Crippen LogP contribution in [0.3, 0.4) is 0 Å². The Morgan fingerprint density at radius 2 is 1.66 bits per heavy atom. The minimum atomic E-state index is -0.907. The molecule has 1 aliphatic heterocycles. The number of aromatic nitrogens is 2. The van der Waals surface area contributed by atoms with Crippen LogP contribution in [-0.4, -0.2) is 27.1 Å². The van der Waals surface area contributed by atoms with Crippen LogP contribution in [-0.2, 0) is 16.0 Å². The fourth-order valence-corrected chi connectivity index (χ4v) is 3.63. The summed E-state index contributed by atoms with van der Waals surface area (Å²) in [5.41, 5.74) is 2.20. The van der Waals surface area contributed by atoms with E-state index in [1.54, 1.807) is 13.8 Å². The summed E-state index contributed by atoms with van der Waals surface area (Å²) in [7, 11) is 0. The first kappa shape index (κ1) is 21.5. The van der Waals surface area contributed by atoms with Gasteiger partial charge in [-0.3, -0.25) is 19.6 Å². The number of carbonyl (C=O) groups is 2. The molecule has 2 heterocycles. The van der Waals surface area contributed by atoms with Crippen molar-refractivity contribution in [3.8, 4) is 11.3 Å². The first-order chi connectivity index (χ1) is 15.2. The number of carbonyl (C=O) groups excluding carboxylic acids is 2. The lowest BCUT2D eigenvalue weighted by molar-refractivity contribution is -0.125. The van der Waals surface area contributed by atoms with Crippen molar-refractivity contribution >= 4 is 17.1 Å². The van der Waals surface area contributed by atoms with E-state index in [9.17, 15) is 18.4 Å². The van der Waals surface area contributed by atoms with Crippen LogP contribution >= 0.6 is 0 Å². The van der Waals surface area contributed by atoms with E-state index in [2.05, 4.69) is 9.97 Å². The van der Waals surface area contributed by atoms with Crippen LogP contribution in [0.4, 0.5) is 8.78 Å². The lowest BCUT2D eigenvalue weighted by Gasteiger charge is -2.16. The van der Waals surface area contributed by atoms with Crippen molar-refractivity contribution in [3.63, 3.8) is 0 Å². The largest absolute Gasteiger partial charge is 0.487 e. The molecule has 0 N–H and O–H groups in total. The molecular weight excluding hydrogens is 414 g/mol. The van der Waals surface area contributed by atoms with Gasteiger partial charge in [0, 0.05) is 11.8 Å². The van der Waals surface area contributed by atoms with Gasteiger partial charge in [0.25, 0.3) is 0 Å². The minimum Gasteiger partial charge on any atom is -0.487 e. The molecule has 32 heavy (non-hydrogen) atoms. The zero-order chi connectivity index (χ0) is 23.0. The predicted octanol–water partition coefficient (Wildman–Crippen LogP) is 4.87. The lowest BCUT2D eigenvalue weighted by Crippen LogP contribution is -2.29. The summed E-state index contributed by atoms with van der Waals surface area (Å²) < 4.78 is 33.2. The van der Waals surface area contributed by atoms with Gasteiger partial charge in [-0.15, -0.1) is 0 Å². The van der Waals surface area contributed by atoms with Gasteiger partial charge in [-0.1, -0.05) is 24.3 Å². The van der Waals surface area contributed by atoms with Gasteiger partial charge in [0.1, 0.15) is 11.6 Å². The molecule has 0 aliphatic carbocycles. The van der Waals surface area contributed by atoms with Gasteiger partial charge in [-0.2, -0.15) is 0 Å². The molecule has 0 unspecified atom stereocenters. The quantitative estimate of drug-likeness (QED) is 0.536. The Morgan fingerprint density at radius 1 is 1.00 bits per heavy atom. The Hall–Kier alpha value is -3.74. The van der Waals surface area contributed by atoms with Crippen molar-refractivity contribution in [2.75, 3.05) is 0 Å². The molecule has 162 valence electrons. The molecule has 1 aromatic heterocycles. The standard InChI is InChI=1S/C25H20F2N2O3/c1-14-16(18-13-32-25(2,3)24(18)31)6-4-7-17(14)21-12-28-15(11-29-21)10-22(30)23-19(26)8-5-9-20(23)27/h4-9,11-13H,10H2,1-3H3. The summed E-state index contributed by atoms with van der Waals surface area (Å²) in [6.45, 7) is 5.32. The van der Waals surface area contributed by atoms with E-state index in [-0.39, 0.29) is 12.2 Å². The monoisotopic (exact) mass is 434 g/mol. The second-order valence-electron chi connectivity index (χ2n) is 8.06. The van der Waals surface area contributed by atoms with Crippen LogP contribution in [0.15, 0.2) is 55.1 Å². The summed E-state index contributed by atoms with van der Waals surface area (Å²) in [5, 5.41) is 0. The van der Waals surface area contributed by atoms with Gasteiger partial charge in [-0.25, -0.2) is 8.78 Å². The Kier molecular flexibility index (Phi) is 5.42. The number of ether oxygens (including phenoxy) is 1. The molecule has 0 spiro atoms. The molecule has 7 heteroatoms. The SMILES string of the molecule is Cc1c(C2=COC(C)(C)C2=O)cccc1-c1cnc(CC(=O)c2c(F)cccc2F)cn1. The maximum absolute atomic E-state index is 13.8. The third-order valence-electron chi connectivity index (χ3n) is 5.45. The maximum atomic E-state index is 13.8. The van der Waals surface area contributed by atoms with Crippen LogP contribution in [0.1, 0.15) is 41.0 Å². The van der Waals surface area contributed by atoms with Crippen LogP contribution in [0, 0.1) is 18.6 Å². The van der Waals surface area contributed by atoms with Crippen LogP contribution in [0.25, 0.3) is 16.8 Å². The molecule has 0 amide bonds. The molecule has 1 aliphatic rings. The molecular formula is C25H20F2N2O3. The number of hydrogen-bond acceptors (Lipinski definition) is 5. The lowest BCUT2D eigenvalue weighted by atomic mass is 9.90. The van der Waals surface area contributed by atoms with Crippen molar-refractivity contribution < 1.29 is 23.1 Å². The number of hydrogen-bond donors (Lipinski definition) is 0. The fourth-order valence-electron chi connectivity index (χ4n) is 3.63. The summed E-state index contributed by atoms with van der Waals surface area (Å²) in [5.74, 6) is -2.63. The third kappa shape index (κ3) is 3.82. The second-order valence-corrected chi connectivity index (χ2v) is 8.06. The molecule has 0 saturated heterocycles. The van der Waals surface area contributed by atoms with Gasteiger partial charge in [0.05, 0.1) is 41.4 Å². The number of halogens is 2. The van der Waals surface area contributed by atoms with E-state index in [4.69, 9.17) is 4.74 Å². The van der Waals surface area contributed by atoms with Crippen molar-refractivity contribution in [2.24, 2.45) is 0 Å². The van der Waals surface area contributed by atoms with E-state index in [1.165, 1.54) is 24.7 Å². The summed E-state index contributed by atoms with van der Waals surface area (Å²) in [6, 6.07) is 8.80. The van der Waals surface area contributed by atoms with Gasteiger partial charge in [0.15, 0.2) is 11.4 Å². The van der Waals surface area contributed by atoms with E-state index < -0.39 is 28.6 Å². The molecule has 3 aromatic rings. The van der Waals surface area contributed by atoms with Crippen molar-refractivity contribution in [3.05, 3.63) is 89.1 Å². The number of benzene rings is 2. The van der Waals surface area contributed by atoms with E-state index >= 15 is 0 Å². The molecule has 0 radical (unpaired) electrons. The van der Waals surface area contributed by atoms with E-state index in [1.807, 2.05) is 25.1 Å². The van der Waals surface area contributed by atoms with Crippen LogP contribution < -0.4 is 0 Å². The highest BCUT2D eigenvalue weighted by Gasteiger charge is 2.38. The Balaban J connectivity index is 1.59. The highest BCUT2D eigenvalue weighted by atomic mass is 19.1. The predicted molar refractivity (Wildman–Crippen MR) is 115 cm³/mol.